The highest BCUT2D eigenvalue weighted by atomic mass is 127. The number of hydrogen-bond acceptors (Lipinski definition) is 3. The Morgan fingerprint density at radius 2 is 1.73 bits per heavy atom. The van der Waals surface area contributed by atoms with Gasteiger partial charge in [0.2, 0.25) is 0 Å². The number of aliphatic imine (C=N–C) groups is 1. The van der Waals surface area contributed by atoms with Gasteiger partial charge in [-0.15, -0.1) is 24.0 Å². The smallest absolute Gasteiger partial charge is 0.191 e. The molecule has 2 rings (SSSR count). The highest BCUT2D eigenvalue weighted by molar-refractivity contribution is 14.0. The van der Waals surface area contributed by atoms with E-state index in [4.69, 9.17) is 4.74 Å². The fourth-order valence-corrected chi connectivity index (χ4v) is 4.00. The van der Waals surface area contributed by atoms with Gasteiger partial charge in [-0.05, 0) is 57.7 Å². The van der Waals surface area contributed by atoms with Gasteiger partial charge in [0.05, 0.1) is 12.7 Å². The van der Waals surface area contributed by atoms with Crippen molar-refractivity contribution in [3.05, 3.63) is 0 Å². The lowest BCUT2D eigenvalue weighted by Gasteiger charge is -2.32. The van der Waals surface area contributed by atoms with Crippen molar-refractivity contribution in [2.24, 2.45) is 10.9 Å². The zero-order valence-corrected chi connectivity index (χ0v) is 19.3. The molecule has 0 unspecified atom stereocenters. The molecule has 0 bridgehead atoms. The second-order valence-corrected chi connectivity index (χ2v) is 7.65. The zero-order chi connectivity index (χ0) is 17.7. The summed E-state index contributed by atoms with van der Waals surface area (Å²) in [5.41, 5.74) is 0. The molecule has 1 aliphatic heterocycles. The topological polar surface area (TPSA) is 48.9 Å². The zero-order valence-electron chi connectivity index (χ0n) is 17.0. The molecule has 1 saturated carbocycles. The van der Waals surface area contributed by atoms with Crippen LogP contribution in [0.5, 0.6) is 0 Å². The van der Waals surface area contributed by atoms with Gasteiger partial charge >= 0.3 is 0 Å². The summed E-state index contributed by atoms with van der Waals surface area (Å²) in [6.45, 7) is 8.67. The Morgan fingerprint density at radius 3 is 2.35 bits per heavy atom. The van der Waals surface area contributed by atoms with Crippen molar-refractivity contribution < 1.29 is 4.74 Å². The van der Waals surface area contributed by atoms with Gasteiger partial charge in [0.1, 0.15) is 0 Å². The molecule has 26 heavy (non-hydrogen) atoms. The number of ether oxygens (including phenoxy) is 1. The van der Waals surface area contributed by atoms with E-state index in [2.05, 4.69) is 27.4 Å². The molecule has 154 valence electrons. The first-order valence-electron chi connectivity index (χ1n) is 10.6. The van der Waals surface area contributed by atoms with Crippen molar-refractivity contribution >= 4 is 29.9 Å². The summed E-state index contributed by atoms with van der Waals surface area (Å²) < 4.78 is 6.04. The molecule has 5 nitrogen and oxygen atoms in total. The maximum Gasteiger partial charge on any atom is 0.191 e. The van der Waals surface area contributed by atoms with Gasteiger partial charge in [-0.1, -0.05) is 32.6 Å². The molecule has 2 N–H and O–H groups in total. The van der Waals surface area contributed by atoms with Crippen molar-refractivity contribution in [2.45, 2.75) is 70.8 Å². The van der Waals surface area contributed by atoms with E-state index in [9.17, 15) is 0 Å². The van der Waals surface area contributed by atoms with Crippen LogP contribution in [-0.2, 0) is 4.74 Å². The minimum atomic E-state index is 0. The summed E-state index contributed by atoms with van der Waals surface area (Å²) >= 11 is 0. The molecule has 0 aromatic heterocycles. The molecule has 0 spiro atoms. The summed E-state index contributed by atoms with van der Waals surface area (Å²) in [7, 11) is 1.85. The van der Waals surface area contributed by atoms with E-state index >= 15 is 0 Å². The van der Waals surface area contributed by atoms with Crippen LogP contribution in [0.2, 0.25) is 0 Å². The average Bonchev–Trinajstić information content (AvgIpc) is 2.91. The third-order valence-corrected chi connectivity index (χ3v) is 5.58. The van der Waals surface area contributed by atoms with Crippen LogP contribution in [0.15, 0.2) is 4.99 Å². The molecule has 0 atom stereocenters. The molecule has 0 aromatic rings. The van der Waals surface area contributed by atoms with Crippen LogP contribution >= 0.6 is 24.0 Å². The normalized spacial score (nSPS) is 21.1. The van der Waals surface area contributed by atoms with Crippen LogP contribution in [-0.4, -0.2) is 63.3 Å². The SMILES string of the molecule is CCCN1CCC(CNC(=NC)NCCOC2CCCCCC2)CC1.I. The predicted octanol–water partition coefficient (Wildman–Crippen LogP) is 3.63. The van der Waals surface area contributed by atoms with Crippen LogP contribution in [0, 0.1) is 5.92 Å². The lowest BCUT2D eigenvalue weighted by molar-refractivity contribution is 0.0468. The van der Waals surface area contributed by atoms with Crippen molar-refractivity contribution in [3.8, 4) is 0 Å². The van der Waals surface area contributed by atoms with Crippen molar-refractivity contribution in [1.82, 2.24) is 15.5 Å². The first-order chi connectivity index (χ1) is 12.3. The van der Waals surface area contributed by atoms with E-state index in [-0.39, 0.29) is 24.0 Å². The summed E-state index contributed by atoms with van der Waals surface area (Å²) in [5, 5.41) is 6.90. The summed E-state index contributed by atoms with van der Waals surface area (Å²) in [6, 6.07) is 0. The number of likely N-dealkylation sites (tertiary alicyclic amines) is 1. The van der Waals surface area contributed by atoms with Crippen LogP contribution < -0.4 is 10.6 Å². The van der Waals surface area contributed by atoms with Gasteiger partial charge in [0, 0.05) is 20.1 Å². The molecule has 1 saturated heterocycles. The molecule has 6 heteroatoms. The Balaban J connectivity index is 0.00000338. The van der Waals surface area contributed by atoms with Crippen LogP contribution in [0.3, 0.4) is 0 Å². The van der Waals surface area contributed by atoms with Gasteiger partial charge in [-0.25, -0.2) is 0 Å². The standard InChI is InChI=1S/C20H40N4O.HI/c1-3-13-24-14-10-18(11-15-24)17-23-20(21-2)22-12-16-25-19-8-6-4-5-7-9-19;/h18-19H,3-17H2,1-2H3,(H2,21,22,23);1H. The monoisotopic (exact) mass is 480 g/mol. The number of piperidine rings is 1. The molecule has 0 aromatic carbocycles. The molecular weight excluding hydrogens is 439 g/mol. The fourth-order valence-electron chi connectivity index (χ4n) is 4.00. The number of nitrogens with zero attached hydrogens (tertiary/aromatic N) is 2. The highest BCUT2D eigenvalue weighted by Crippen LogP contribution is 2.19. The average molecular weight is 480 g/mol. The second kappa shape index (κ2) is 14.9. The summed E-state index contributed by atoms with van der Waals surface area (Å²) in [4.78, 5) is 6.94. The Kier molecular flexibility index (Phi) is 13.7. The second-order valence-electron chi connectivity index (χ2n) is 7.65. The molecule has 0 amide bonds. The summed E-state index contributed by atoms with van der Waals surface area (Å²) in [5.74, 6) is 1.69. The van der Waals surface area contributed by atoms with Crippen LogP contribution in [0.25, 0.3) is 0 Å². The lowest BCUT2D eigenvalue weighted by Crippen LogP contribution is -2.43. The van der Waals surface area contributed by atoms with E-state index in [0.717, 1.165) is 31.6 Å². The molecule has 1 heterocycles. The maximum atomic E-state index is 6.04. The molecule has 0 radical (unpaired) electrons. The first-order valence-corrected chi connectivity index (χ1v) is 10.6. The van der Waals surface area contributed by atoms with E-state index in [1.807, 2.05) is 7.05 Å². The van der Waals surface area contributed by atoms with Gasteiger partial charge in [0.15, 0.2) is 5.96 Å². The number of halogens is 1. The van der Waals surface area contributed by atoms with Crippen molar-refractivity contribution in [1.29, 1.82) is 0 Å². The maximum absolute atomic E-state index is 6.04. The largest absolute Gasteiger partial charge is 0.376 e. The number of hydrogen-bond donors (Lipinski definition) is 2. The Hall–Kier alpha value is -0.0800. The number of guanidine groups is 1. The van der Waals surface area contributed by atoms with Gasteiger partial charge in [-0.2, -0.15) is 0 Å². The Labute approximate surface area is 178 Å². The van der Waals surface area contributed by atoms with Gasteiger partial charge in [-0.3, -0.25) is 4.99 Å². The lowest BCUT2D eigenvalue weighted by atomic mass is 9.97. The van der Waals surface area contributed by atoms with Crippen LogP contribution in [0.4, 0.5) is 0 Å². The van der Waals surface area contributed by atoms with E-state index in [0.29, 0.717) is 6.10 Å². The predicted molar refractivity (Wildman–Crippen MR) is 122 cm³/mol. The van der Waals surface area contributed by atoms with Gasteiger partial charge in [0.25, 0.3) is 0 Å². The van der Waals surface area contributed by atoms with E-state index < -0.39 is 0 Å². The Morgan fingerprint density at radius 1 is 1.04 bits per heavy atom. The summed E-state index contributed by atoms with van der Waals surface area (Å²) in [6.07, 6.45) is 12.3. The third-order valence-electron chi connectivity index (χ3n) is 5.58. The molecular formula is C20H41IN4O. The van der Waals surface area contributed by atoms with Gasteiger partial charge < -0.3 is 20.3 Å². The van der Waals surface area contributed by atoms with Crippen molar-refractivity contribution in [2.75, 3.05) is 46.4 Å². The fraction of sp³-hybridized carbons (Fsp3) is 0.950. The minimum absolute atomic E-state index is 0. The van der Waals surface area contributed by atoms with Crippen molar-refractivity contribution in [3.63, 3.8) is 0 Å². The number of rotatable bonds is 8. The molecule has 1 aliphatic carbocycles. The minimum Gasteiger partial charge on any atom is -0.376 e. The Bertz CT molecular complexity index is 365. The molecule has 2 fully saturated rings. The quantitative estimate of drug-likeness (QED) is 0.183. The van der Waals surface area contributed by atoms with E-state index in [1.54, 1.807) is 0 Å². The van der Waals surface area contributed by atoms with Crippen LogP contribution in [0.1, 0.15) is 64.7 Å². The third kappa shape index (κ3) is 9.74. The molecule has 2 aliphatic rings. The number of nitrogens with one attached hydrogen (secondary N) is 2. The van der Waals surface area contributed by atoms with E-state index in [1.165, 1.54) is 77.4 Å². The highest BCUT2D eigenvalue weighted by Gasteiger charge is 2.18. The first kappa shape index (κ1) is 24.0.